The fraction of sp³-hybridized carbons (Fsp3) is 0.529. The lowest BCUT2D eigenvalue weighted by Gasteiger charge is -2.31. The highest BCUT2D eigenvalue weighted by molar-refractivity contribution is 6.30. The van der Waals surface area contributed by atoms with Crippen LogP contribution in [0.4, 0.5) is 10.5 Å². The van der Waals surface area contributed by atoms with E-state index in [2.05, 4.69) is 10.2 Å². The molecule has 0 bridgehead atoms. The number of hydrogen-bond acceptors (Lipinski definition) is 3. The Balaban J connectivity index is 1.52. The molecule has 3 rings (SSSR count). The Morgan fingerprint density at radius 2 is 1.88 bits per heavy atom. The number of likely N-dealkylation sites (tertiary alicyclic amines) is 1. The first-order valence-electron chi connectivity index (χ1n) is 8.31. The summed E-state index contributed by atoms with van der Waals surface area (Å²) in [5.74, 6) is -1.26. The van der Waals surface area contributed by atoms with E-state index in [1.165, 1.54) is 0 Å². The molecule has 2 aliphatic heterocycles. The van der Waals surface area contributed by atoms with Gasteiger partial charge in [-0.05, 0) is 43.5 Å². The van der Waals surface area contributed by atoms with Crippen LogP contribution in [0.5, 0.6) is 0 Å². The highest BCUT2D eigenvalue weighted by Crippen LogP contribution is 2.23. The number of nitrogens with one attached hydrogen (secondary N) is 1. The molecule has 0 aromatic heterocycles. The van der Waals surface area contributed by atoms with Crippen LogP contribution in [0.1, 0.15) is 19.3 Å². The van der Waals surface area contributed by atoms with E-state index < -0.39 is 11.9 Å². The predicted molar refractivity (Wildman–Crippen MR) is 92.5 cm³/mol. The smallest absolute Gasteiger partial charge is 0.317 e. The van der Waals surface area contributed by atoms with Crippen molar-refractivity contribution in [3.8, 4) is 0 Å². The number of piperidine rings is 1. The Morgan fingerprint density at radius 3 is 2.58 bits per heavy atom. The van der Waals surface area contributed by atoms with Crippen molar-refractivity contribution in [2.75, 3.05) is 31.1 Å². The Morgan fingerprint density at radius 1 is 1.12 bits per heavy atom. The fourth-order valence-electron chi connectivity index (χ4n) is 3.39. The predicted octanol–water partition coefficient (Wildman–Crippen LogP) is 2.42. The molecule has 0 spiro atoms. The van der Waals surface area contributed by atoms with Gasteiger partial charge in [-0.25, -0.2) is 4.79 Å². The van der Waals surface area contributed by atoms with Gasteiger partial charge in [0.25, 0.3) is 0 Å². The normalized spacial score (nSPS) is 24.0. The molecular weight excluding hydrogens is 330 g/mol. The number of anilines is 1. The number of rotatable bonds is 3. The highest BCUT2D eigenvalue weighted by atomic mass is 35.5. The van der Waals surface area contributed by atoms with Gasteiger partial charge in [-0.2, -0.15) is 0 Å². The standard InChI is InChI=1S/C17H22ClN3O3/c18-13-3-5-15(6-4-13)20-9-7-14(11-20)19-17(24)21-8-1-2-12(10-21)16(22)23/h3-6,12,14H,1-2,7-11H2,(H,19,24)(H,22,23). The van der Waals surface area contributed by atoms with Gasteiger partial charge in [0.1, 0.15) is 0 Å². The number of halogens is 1. The van der Waals surface area contributed by atoms with Crippen molar-refractivity contribution in [1.29, 1.82) is 0 Å². The van der Waals surface area contributed by atoms with E-state index in [1.54, 1.807) is 4.90 Å². The molecule has 0 aliphatic carbocycles. The molecule has 130 valence electrons. The number of urea groups is 1. The minimum Gasteiger partial charge on any atom is -0.481 e. The second-order valence-electron chi connectivity index (χ2n) is 6.48. The zero-order chi connectivity index (χ0) is 17.1. The number of carbonyl (C=O) groups is 2. The van der Waals surface area contributed by atoms with Crippen LogP contribution in [0.2, 0.25) is 5.02 Å². The Kier molecular flexibility index (Phi) is 5.14. The first-order valence-corrected chi connectivity index (χ1v) is 8.69. The lowest BCUT2D eigenvalue weighted by Crippen LogP contribution is -2.50. The molecular formula is C17H22ClN3O3. The van der Waals surface area contributed by atoms with E-state index in [4.69, 9.17) is 16.7 Å². The number of carboxylic acids is 1. The van der Waals surface area contributed by atoms with Crippen LogP contribution in [0.15, 0.2) is 24.3 Å². The molecule has 2 saturated heterocycles. The van der Waals surface area contributed by atoms with Crippen molar-refractivity contribution in [3.63, 3.8) is 0 Å². The molecule has 24 heavy (non-hydrogen) atoms. The third kappa shape index (κ3) is 3.93. The van der Waals surface area contributed by atoms with Gasteiger partial charge in [-0.1, -0.05) is 11.6 Å². The van der Waals surface area contributed by atoms with Crippen molar-refractivity contribution in [2.45, 2.75) is 25.3 Å². The maximum atomic E-state index is 12.4. The largest absolute Gasteiger partial charge is 0.481 e. The van der Waals surface area contributed by atoms with E-state index in [1.807, 2.05) is 24.3 Å². The van der Waals surface area contributed by atoms with Crippen molar-refractivity contribution in [1.82, 2.24) is 10.2 Å². The molecule has 2 heterocycles. The third-order valence-corrected chi connectivity index (χ3v) is 5.02. The lowest BCUT2D eigenvalue weighted by molar-refractivity contribution is -0.143. The number of benzene rings is 1. The molecule has 6 nitrogen and oxygen atoms in total. The van der Waals surface area contributed by atoms with Gasteiger partial charge in [0.2, 0.25) is 0 Å². The molecule has 2 fully saturated rings. The van der Waals surface area contributed by atoms with Crippen LogP contribution in [0.3, 0.4) is 0 Å². The van der Waals surface area contributed by atoms with Gasteiger partial charge >= 0.3 is 12.0 Å². The number of carboxylic acid groups (broad SMARTS) is 1. The molecule has 0 radical (unpaired) electrons. The van der Waals surface area contributed by atoms with Crippen molar-refractivity contribution in [2.24, 2.45) is 5.92 Å². The summed E-state index contributed by atoms with van der Waals surface area (Å²) in [4.78, 5) is 27.4. The van der Waals surface area contributed by atoms with Crippen LogP contribution < -0.4 is 10.2 Å². The zero-order valence-corrected chi connectivity index (χ0v) is 14.2. The van der Waals surface area contributed by atoms with Gasteiger partial charge in [-0.3, -0.25) is 4.79 Å². The average molecular weight is 352 g/mol. The van der Waals surface area contributed by atoms with Crippen molar-refractivity contribution >= 4 is 29.3 Å². The molecule has 1 aromatic rings. The average Bonchev–Trinajstić information content (AvgIpc) is 3.04. The van der Waals surface area contributed by atoms with Crippen LogP contribution >= 0.6 is 11.6 Å². The topological polar surface area (TPSA) is 72.9 Å². The molecule has 2 aliphatic rings. The molecule has 2 N–H and O–H groups in total. The molecule has 0 saturated carbocycles. The SMILES string of the molecule is O=C(O)C1CCCN(C(=O)NC2CCN(c3ccc(Cl)cc3)C2)C1. The summed E-state index contributed by atoms with van der Waals surface area (Å²) in [6, 6.07) is 7.62. The first-order chi connectivity index (χ1) is 11.5. The number of aliphatic carboxylic acids is 1. The monoisotopic (exact) mass is 351 g/mol. The maximum absolute atomic E-state index is 12.4. The van der Waals surface area contributed by atoms with E-state index in [0.717, 1.165) is 31.6 Å². The van der Waals surface area contributed by atoms with Gasteiger partial charge in [0, 0.05) is 42.9 Å². The second kappa shape index (κ2) is 7.30. The van der Waals surface area contributed by atoms with Crippen LogP contribution in [0, 0.1) is 5.92 Å². The van der Waals surface area contributed by atoms with Crippen LogP contribution in [-0.2, 0) is 4.79 Å². The van der Waals surface area contributed by atoms with E-state index in [0.29, 0.717) is 24.5 Å². The molecule has 2 amide bonds. The highest BCUT2D eigenvalue weighted by Gasteiger charge is 2.30. The van der Waals surface area contributed by atoms with Gasteiger partial charge in [0.15, 0.2) is 0 Å². The number of hydrogen-bond donors (Lipinski definition) is 2. The summed E-state index contributed by atoms with van der Waals surface area (Å²) in [5.41, 5.74) is 1.10. The van der Waals surface area contributed by atoms with Gasteiger partial charge in [-0.15, -0.1) is 0 Å². The van der Waals surface area contributed by atoms with Gasteiger partial charge < -0.3 is 20.2 Å². The summed E-state index contributed by atoms with van der Waals surface area (Å²) in [6.07, 6.45) is 2.27. The minimum atomic E-state index is -0.817. The first kappa shape index (κ1) is 16.9. The van der Waals surface area contributed by atoms with Crippen LogP contribution in [-0.4, -0.2) is 54.2 Å². The quantitative estimate of drug-likeness (QED) is 0.877. The fourth-order valence-corrected chi connectivity index (χ4v) is 3.52. The number of nitrogens with zero attached hydrogens (tertiary/aromatic N) is 2. The molecule has 2 unspecified atom stereocenters. The Labute approximate surface area is 146 Å². The second-order valence-corrected chi connectivity index (χ2v) is 6.92. The van der Waals surface area contributed by atoms with E-state index >= 15 is 0 Å². The van der Waals surface area contributed by atoms with Crippen LogP contribution in [0.25, 0.3) is 0 Å². The summed E-state index contributed by atoms with van der Waals surface area (Å²) in [6.45, 7) is 2.56. The zero-order valence-electron chi connectivity index (χ0n) is 13.4. The van der Waals surface area contributed by atoms with Crippen molar-refractivity contribution in [3.05, 3.63) is 29.3 Å². The van der Waals surface area contributed by atoms with E-state index in [-0.39, 0.29) is 12.1 Å². The molecule has 2 atom stereocenters. The molecule has 7 heteroatoms. The third-order valence-electron chi connectivity index (χ3n) is 4.77. The van der Waals surface area contributed by atoms with Crippen molar-refractivity contribution < 1.29 is 14.7 Å². The van der Waals surface area contributed by atoms with E-state index in [9.17, 15) is 9.59 Å². The minimum absolute atomic E-state index is 0.0818. The summed E-state index contributed by atoms with van der Waals surface area (Å²) >= 11 is 5.91. The summed E-state index contributed by atoms with van der Waals surface area (Å²) in [5, 5.41) is 12.9. The number of amides is 2. The summed E-state index contributed by atoms with van der Waals surface area (Å²) < 4.78 is 0. The maximum Gasteiger partial charge on any atom is 0.317 e. The lowest BCUT2D eigenvalue weighted by atomic mass is 9.99. The number of carbonyl (C=O) groups excluding carboxylic acids is 1. The summed E-state index contributed by atoms with van der Waals surface area (Å²) in [7, 11) is 0. The Hall–Kier alpha value is -1.95. The Bertz CT molecular complexity index is 608. The van der Waals surface area contributed by atoms with Gasteiger partial charge in [0.05, 0.1) is 5.92 Å². The molecule has 1 aromatic carbocycles.